The van der Waals surface area contributed by atoms with E-state index in [1.54, 1.807) is 0 Å². The summed E-state index contributed by atoms with van der Waals surface area (Å²) >= 11 is 0. The molecule has 4 heterocycles. The molecule has 4 nitrogen and oxygen atoms in total. The minimum Gasteiger partial charge on any atom is -0.311 e. The molecule has 0 spiro atoms. The van der Waals surface area contributed by atoms with Crippen LogP contribution in [0.15, 0.2) is 346 Å². The predicted molar refractivity (Wildman–Crippen MR) is 535 cm³/mol. The van der Waals surface area contributed by atoms with Gasteiger partial charge in [-0.1, -0.05) is 334 Å². The van der Waals surface area contributed by atoms with Crippen molar-refractivity contribution in [2.75, 3.05) is 9.80 Å². The highest BCUT2D eigenvalue weighted by molar-refractivity contribution is 7.00. The molecule has 0 saturated heterocycles. The van der Waals surface area contributed by atoms with E-state index in [-0.39, 0.29) is 39.2 Å². The Bertz CT molecular complexity index is 6760. The number of hydrogen-bond donors (Lipinski definition) is 0. The van der Waals surface area contributed by atoms with E-state index in [1.807, 2.05) is 0 Å². The van der Waals surface area contributed by atoms with Gasteiger partial charge < -0.3 is 18.9 Å². The lowest BCUT2D eigenvalue weighted by molar-refractivity contribution is 0.332. The molecule has 4 aliphatic rings. The van der Waals surface area contributed by atoms with Crippen LogP contribution >= 0.6 is 0 Å². The molecular formula is C120H107BN4. The molecule has 610 valence electrons. The van der Waals surface area contributed by atoms with Crippen LogP contribution in [0, 0.1) is 0 Å². The molecule has 0 unspecified atom stereocenters. The Kier molecular flexibility index (Phi) is 17.9. The maximum Gasteiger partial charge on any atom is 0.252 e. The van der Waals surface area contributed by atoms with Crippen LogP contribution in [0.25, 0.3) is 133 Å². The highest BCUT2D eigenvalue weighted by Crippen LogP contribution is 2.54. The number of anilines is 6. The zero-order valence-electron chi connectivity index (χ0n) is 74.6. The lowest BCUT2D eigenvalue weighted by Gasteiger charge is -2.45. The summed E-state index contributed by atoms with van der Waals surface area (Å²) in [6, 6.07) is 134. The molecule has 0 atom stereocenters. The summed E-state index contributed by atoms with van der Waals surface area (Å²) in [5.74, 6) is 0. The first-order valence-electron chi connectivity index (χ1n) is 45.3. The largest absolute Gasteiger partial charge is 0.311 e. The second-order valence-electron chi connectivity index (χ2n) is 41.0. The van der Waals surface area contributed by atoms with Gasteiger partial charge in [0, 0.05) is 67.0 Å². The number of fused-ring (bicyclic) bond motifs is 12. The van der Waals surface area contributed by atoms with Crippen molar-refractivity contribution in [3.05, 3.63) is 379 Å². The zero-order valence-corrected chi connectivity index (χ0v) is 74.6. The summed E-state index contributed by atoms with van der Waals surface area (Å²) in [4.78, 5) is 5.33. The molecule has 22 rings (SSSR count). The molecular weight excluding hydrogens is 1510 g/mol. The molecule has 18 aromatic rings. The first-order chi connectivity index (χ1) is 60.2. The van der Waals surface area contributed by atoms with E-state index in [0.717, 1.165) is 86.0 Å². The van der Waals surface area contributed by atoms with Gasteiger partial charge in [-0.15, -0.1) is 0 Å². The summed E-state index contributed by atoms with van der Waals surface area (Å²) in [5.41, 5.74) is 42.6. The molecule has 0 amide bonds. The Balaban J connectivity index is 0.826. The fourth-order valence-corrected chi connectivity index (χ4v) is 21.6. The van der Waals surface area contributed by atoms with Crippen molar-refractivity contribution in [2.45, 2.75) is 155 Å². The quantitative estimate of drug-likeness (QED) is 0.120. The summed E-state index contributed by atoms with van der Waals surface area (Å²) in [6.45, 7) is 33.5. The molecule has 5 heteroatoms. The monoisotopic (exact) mass is 1610 g/mol. The fraction of sp³-hybridized carbons (Fsp3) is 0.200. The van der Waals surface area contributed by atoms with Crippen LogP contribution in [0.1, 0.15) is 156 Å². The van der Waals surface area contributed by atoms with E-state index in [2.05, 4.69) is 462 Å². The van der Waals surface area contributed by atoms with Gasteiger partial charge in [-0.2, -0.15) is 0 Å². The molecule has 0 bridgehead atoms. The summed E-state index contributed by atoms with van der Waals surface area (Å²) in [5, 5.41) is 4.84. The average molecular weight is 1620 g/mol. The Labute approximate surface area is 738 Å². The first-order valence-corrected chi connectivity index (χ1v) is 45.3. The minimum atomic E-state index is -0.231. The van der Waals surface area contributed by atoms with Gasteiger partial charge in [0.15, 0.2) is 0 Å². The topological polar surface area (TPSA) is 16.3 Å². The molecule has 125 heavy (non-hydrogen) atoms. The standard InChI is InChI=1S/C120H107BN4/c1-115(2,3)90-63-88(64-91(73-90)116(4,5)6)89-71-112-114-113(72-89)123(93-47-37-81(38-48-93)87-40-52-101-103(70-87)120(13,14)62-60-118(101,9)10)111-75-95(125-108-57-43-84(78-31-23-17-24-32-78)67-98(108)99-68-85(44-58-109(99)125)79-33-25-18-26-34-79)50-54-105(111)121(114)104-53-49-94(74-110(104)122(112)92-45-35-80(36-46-92)86-39-51-100-102(69-86)119(11,12)61-59-117(100,7)8)124-106-55-41-82(76-27-19-15-20-28-76)65-96(106)97-66-83(42-56-107(97)124)77-29-21-16-22-30-77/h15-58,63-75H,59-62H2,1-14H3. The third-order valence-corrected chi connectivity index (χ3v) is 29.1. The SMILES string of the molecule is CC(C)(C)c1cc(-c2cc3c4c(c2)N(c2ccc(-c5ccc6c(c5)C(C)(C)CCC6(C)C)cc2)c2cc(-n5c6ccc(-c7ccccc7)cc6c6cc(-c7ccccc7)ccc65)ccc2B4c2ccc(-n4c5ccc(-c6ccccc6)cc5c5cc(-c6ccccc6)ccc54)cc2N3c2ccc(-c3ccc4c(c3)C(C)(C)CCC4(C)C)cc2)cc(C(C)(C)C)c1. The summed E-state index contributed by atoms with van der Waals surface area (Å²) in [7, 11) is 0. The molecule has 16 aromatic carbocycles. The van der Waals surface area contributed by atoms with E-state index in [1.165, 1.54) is 156 Å². The Morgan fingerprint density at radius 1 is 0.224 bits per heavy atom. The minimum absolute atomic E-state index is 0.0551. The predicted octanol–water partition coefficient (Wildman–Crippen LogP) is 30.9. The second kappa shape index (κ2) is 28.7. The fourth-order valence-electron chi connectivity index (χ4n) is 21.6. The van der Waals surface area contributed by atoms with Crippen molar-refractivity contribution in [3.63, 3.8) is 0 Å². The third kappa shape index (κ3) is 13.1. The van der Waals surface area contributed by atoms with Crippen molar-refractivity contribution in [1.82, 2.24) is 9.13 Å². The van der Waals surface area contributed by atoms with Crippen LogP contribution in [-0.2, 0) is 32.5 Å². The summed E-state index contributed by atoms with van der Waals surface area (Å²) in [6.07, 6.45) is 4.65. The Morgan fingerprint density at radius 3 is 0.816 bits per heavy atom. The number of hydrogen-bond acceptors (Lipinski definition) is 2. The molecule has 2 aliphatic heterocycles. The van der Waals surface area contributed by atoms with Crippen molar-refractivity contribution in [2.24, 2.45) is 0 Å². The van der Waals surface area contributed by atoms with E-state index in [9.17, 15) is 0 Å². The van der Waals surface area contributed by atoms with Crippen molar-refractivity contribution >= 4 is 101 Å². The zero-order chi connectivity index (χ0) is 85.5. The van der Waals surface area contributed by atoms with Crippen LogP contribution in [0.2, 0.25) is 0 Å². The summed E-state index contributed by atoms with van der Waals surface area (Å²) < 4.78 is 5.10. The van der Waals surface area contributed by atoms with Gasteiger partial charge in [-0.25, -0.2) is 0 Å². The third-order valence-electron chi connectivity index (χ3n) is 29.1. The van der Waals surface area contributed by atoms with Crippen molar-refractivity contribution < 1.29 is 0 Å². The van der Waals surface area contributed by atoms with E-state index in [0.29, 0.717) is 0 Å². The normalized spacial score (nSPS) is 15.4. The second-order valence-corrected chi connectivity index (χ2v) is 41.0. The van der Waals surface area contributed by atoms with Gasteiger partial charge >= 0.3 is 0 Å². The molecule has 0 fully saturated rings. The van der Waals surface area contributed by atoms with E-state index >= 15 is 0 Å². The van der Waals surface area contributed by atoms with E-state index < -0.39 is 0 Å². The molecule has 0 N–H and O–H groups in total. The molecule has 0 radical (unpaired) electrons. The molecule has 0 saturated carbocycles. The maximum absolute atomic E-state index is 2.66. The van der Waals surface area contributed by atoms with Crippen LogP contribution in [0.5, 0.6) is 0 Å². The van der Waals surface area contributed by atoms with Crippen molar-refractivity contribution in [3.8, 4) is 89.3 Å². The maximum atomic E-state index is 2.66. The van der Waals surface area contributed by atoms with Gasteiger partial charge in [0.1, 0.15) is 0 Å². The highest BCUT2D eigenvalue weighted by atomic mass is 15.2. The number of aromatic nitrogens is 2. The Hall–Kier alpha value is -13.2. The van der Waals surface area contributed by atoms with Crippen LogP contribution in [-0.4, -0.2) is 15.8 Å². The lowest BCUT2D eigenvalue weighted by Crippen LogP contribution is -2.61. The number of nitrogens with zero attached hydrogens (tertiary/aromatic N) is 4. The molecule has 2 aliphatic carbocycles. The smallest absolute Gasteiger partial charge is 0.252 e. The number of benzene rings is 16. The average Bonchev–Trinajstić information content (AvgIpc) is 1.38. The Morgan fingerprint density at radius 2 is 0.496 bits per heavy atom. The van der Waals surface area contributed by atoms with Crippen LogP contribution < -0.4 is 26.2 Å². The lowest BCUT2D eigenvalue weighted by atomic mass is 9.33. The van der Waals surface area contributed by atoms with E-state index in [4.69, 9.17) is 0 Å². The van der Waals surface area contributed by atoms with Gasteiger partial charge in [0.2, 0.25) is 0 Å². The van der Waals surface area contributed by atoms with Gasteiger partial charge in [-0.05, 0) is 295 Å². The van der Waals surface area contributed by atoms with Gasteiger partial charge in [0.25, 0.3) is 6.71 Å². The van der Waals surface area contributed by atoms with Crippen LogP contribution in [0.3, 0.4) is 0 Å². The highest BCUT2D eigenvalue weighted by Gasteiger charge is 2.46. The number of rotatable bonds is 11. The molecule has 2 aromatic heterocycles. The van der Waals surface area contributed by atoms with Gasteiger partial charge in [0.05, 0.1) is 22.1 Å². The van der Waals surface area contributed by atoms with Crippen molar-refractivity contribution in [1.29, 1.82) is 0 Å². The van der Waals surface area contributed by atoms with Gasteiger partial charge in [-0.3, -0.25) is 0 Å². The first kappa shape index (κ1) is 77.8. The van der Waals surface area contributed by atoms with Crippen LogP contribution in [0.4, 0.5) is 34.1 Å².